The summed E-state index contributed by atoms with van der Waals surface area (Å²) in [5.41, 5.74) is 5.28. The zero-order chi connectivity index (χ0) is 22.7. The van der Waals surface area contributed by atoms with E-state index in [0.29, 0.717) is 16.9 Å². The molecule has 1 heterocycles. The number of ether oxygens (including phenoxy) is 2. The van der Waals surface area contributed by atoms with E-state index in [-0.39, 0.29) is 12.5 Å². The predicted octanol–water partition coefficient (Wildman–Crippen LogP) is 4.65. The molecule has 0 atom stereocenters. The number of rotatable bonds is 6. The van der Waals surface area contributed by atoms with Gasteiger partial charge in [0.15, 0.2) is 6.61 Å². The van der Waals surface area contributed by atoms with Crippen LogP contribution in [-0.4, -0.2) is 35.6 Å². The molecule has 0 bridgehead atoms. The summed E-state index contributed by atoms with van der Waals surface area (Å²) in [4.78, 5) is 32.5. The van der Waals surface area contributed by atoms with E-state index in [2.05, 4.69) is 15.3 Å². The van der Waals surface area contributed by atoms with Crippen molar-refractivity contribution in [3.8, 4) is 17.1 Å². The zero-order valence-corrected chi connectivity index (χ0v) is 18.1. The Bertz CT molecular complexity index is 1270. The van der Waals surface area contributed by atoms with E-state index in [9.17, 15) is 9.59 Å². The van der Waals surface area contributed by atoms with Crippen LogP contribution in [0.15, 0.2) is 60.7 Å². The molecular formula is C25H23N3O4. The maximum Gasteiger partial charge on any atom is 0.338 e. The number of methoxy groups -OCH3 is 1. The molecule has 4 aromatic rings. The molecule has 2 N–H and O–H groups in total. The number of fused-ring (bicyclic) bond motifs is 1. The maximum absolute atomic E-state index is 12.5. The minimum Gasteiger partial charge on any atom is -0.497 e. The van der Waals surface area contributed by atoms with Gasteiger partial charge in [0.2, 0.25) is 0 Å². The Morgan fingerprint density at radius 1 is 1.00 bits per heavy atom. The van der Waals surface area contributed by atoms with Crippen LogP contribution in [0.5, 0.6) is 5.75 Å². The summed E-state index contributed by atoms with van der Waals surface area (Å²) in [6, 6.07) is 18.3. The van der Waals surface area contributed by atoms with Gasteiger partial charge in [0.05, 0.1) is 23.7 Å². The number of para-hydroxylation sites is 1. The number of anilines is 1. The van der Waals surface area contributed by atoms with E-state index in [4.69, 9.17) is 9.47 Å². The number of carbonyl (C=O) groups excluding carboxylic acids is 2. The van der Waals surface area contributed by atoms with Crippen molar-refractivity contribution in [2.24, 2.45) is 0 Å². The van der Waals surface area contributed by atoms with Crippen LogP contribution in [0, 0.1) is 13.8 Å². The standard InChI is InChI=1S/C25H23N3O4/c1-15-5-4-6-16(2)23(15)28-22(29)14-32-25(30)18-9-12-20-21(13-18)27-24(26-20)17-7-10-19(31-3)11-8-17/h4-13H,14H2,1-3H3,(H,26,27)(H,28,29). The molecule has 0 aliphatic rings. The molecule has 3 aromatic carbocycles. The fraction of sp³-hybridized carbons (Fsp3) is 0.160. The number of aryl methyl sites for hydroxylation is 2. The molecule has 0 fully saturated rings. The van der Waals surface area contributed by atoms with Crippen LogP contribution in [0.1, 0.15) is 21.5 Å². The lowest BCUT2D eigenvalue weighted by molar-refractivity contribution is -0.119. The molecule has 32 heavy (non-hydrogen) atoms. The van der Waals surface area contributed by atoms with Crippen molar-refractivity contribution in [1.29, 1.82) is 0 Å². The van der Waals surface area contributed by atoms with Crippen molar-refractivity contribution < 1.29 is 19.1 Å². The monoisotopic (exact) mass is 429 g/mol. The predicted molar refractivity (Wildman–Crippen MR) is 123 cm³/mol. The Kier molecular flexibility index (Phi) is 5.89. The number of H-pyrrole nitrogens is 1. The quantitative estimate of drug-likeness (QED) is 0.435. The van der Waals surface area contributed by atoms with E-state index in [1.807, 2.05) is 56.3 Å². The van der Waals surface area contributed by atoms with Crippen LogP contribution in [0.3, 0.4) is 0 Å². The summed E-state index contributed by atoms with van der Waals surface area (Å²) in [7, 11) is 1.62. The number of aromatic amines is 1. The molecule has 7 heteroatoms. The zero-order valence-electron chi connectivity index (χ0n) is 18.1. The number of esters is 1. The molecule has 4 rings (SSSR count). The molecule has 0 radical (unpaired) electrons. The van der Waals surface area contributed by atoms with Gasteiger partial charge in [-0.1, -0.05) is 18.2 Å². The second-order valence-electron chi connectivity index (χ2n) is 7.44. The van der Waals surface area contributed by atoms with Crippen molar-refractivity contribution in [2.75, 3.05) is 19.0 Å². The average Bonchev–Trinajstić information content (AvgIpc) is 3.23. The fourth-order valence-corrected chi connectivity index (χ4v) is 3.42. The summed E-state index contributed by atoms with van der Waals surface area (Å²) < 4.78 is 10.4. The van der Waals surface area contributed by atoms with Crippen molar-refractivity contribution in [3.63, 3.8) is 0 Å². The van der Waals surface area contributed by atoms with Crippen molar-refractivity contribution in [1.82, 2.24) is 9.97 Å². The average molecular weight is 429 g/mol. The van der Waals surface area contributed by atoms with Gasteiger partial charge in [0, 0.05) is 11.3 Å². The lowest BCUT2D eigenvalue weighted by Crippen LogP contribution is -2.21. The largest absolute Gasteiger partial charge is 0.497 e. The molecule has 1 amide bonds. The Balaban J connectivity index is 1.43. The lowest BCUT2D eigenvalue weighted by Gasteiger charge is -2.11. The van der Waals surface area contributed by atoms with Crippen LogP contribution < -0.4 is 10.1 Å². The number of nitrogens with zero attached hydrogens (tertiary/aromatic N) is 1. The Morgan fingerprint density at radius 2 is 1.72 bits per heavy atom. The summed E-state index contributed by atoms with van der Waals surface area (Å²) >= 11 is 0. The molecule has 162 valence electrons. The van der Waals surface area contributed by atoms with Crippen LogP contribution in [-0.2, 0) is 9.53 Å². The molecule has 0 spiro atoms. The van der Waals surface area contributed by atoms with E-state index in [0.717, 1.165) is 33.6 Å². The first-order chi connectivity index (χ1) is 15.4. The highest BCUT2D eigenvalue weighted by molar-refractivity contribution is 5.98. The highest BCUT2D eigenvalue weighted by Crippen LogP contribution is 2.24. The van der Waals surface area contributed by atoms with Crippen LogP contribution in [0.4, 0.5) is 5.69 Å². The summed E-state index contributed by atoms with van der Waals surface area (Å²) in [5.74, 6) is 0.474. The molecule has 0 unspecified atom stereocenters. The Labute approximate surface area is 185 Å². The minimum absolute atomic E-state index is 0.335. The van der Waals surface area contributed by atoms with Gasteiger partial charge in [-0.05, 0) is 67.4 Å². The first-order valence-corrected chi connectivity index (χ1v) is 10.1. The number of hydrogen-bond donors (Lipinski definition) is 2. The smallest absolute Gasteiger partial charge is 0.338 e. The summed E-state index contributed by atoms with van der Waals surface area (Å²) in [6.07, 6.45) is 0. The first kappa shape index (κ1) is 21.1. The minimum atomic E-state index is -0.579. The van der Waals surface area contributed by atoms with Gasteiger partial charge in [-0.25, -0.2) is 9.78 Å². The number of imidazole rings is 1. The third-order valence-corrected chi connectivity index (χ3v) is 5.16. The molecule has 0 saturated carbocycles. The lowest BCUT2D eigenvalue weighted by atomic mass is 10.1. The van der Waals surface area contributed by atoms with Gasteiger partial charge < -0.3 is 19.8 Å². The summed E-state index contributed by atoms with van der Waals surface area (Å²) in [5, 5.41) is 2.80. The fourth-order valence-electron chi connectivity index (χ4n) is 3.42. The van der Waals surface area contributed by atoms with Gasteiger partial charge in [-0.15, -0.1) is 0 Å². The number of nitrogens with one attached hydrogen (secondary N) is 2. The van der Waals surface area contributed by atoms with Crippen LogP contribution >= 0.6 is 0 Å². The summed E-state index contributed by atoms with van der Waals surface area (Å²) in [6.45, 7) is 3.45. The third kappa shape index (κ3) is 4.46. The second kappa shape index (κ2) is 8.93. The van der Waals surface area contributed by atoms with Gasteiger partial charge in [-0.2, -0.15) is 0 Å². The molecule has 7 nitrogen and oxygen atoms in total. The van der Waals surface area contributed by atoms with Gasteiger partial charge >= 0.3 is 5.97 Å². The number of amides is 1. The van der Waals surface area contributed by atoms with Gasteiger partial charge in [0.25, 0.3) is 5.91 Å². The SMILES string of the molecule is COc1ccc(-c2nc3ccc(C(=O)OCC(=O)Nc4c(C)cccc4C)cc3[nH]2)cc1. The molecule has 0 aliphatic heterocycles. The van der Waals surface area contributed by atoms with E-state index < -0.39 is 5.97 Å². The van der Waals surface area contributed by atoms with Gasteiger partial charge in [0.1, 0.15) is 11.6 Å². The number of carbonyl (C=O) groups is 2. The van der Waals surface area contributed by atoms with E-state index >= 15 is 0 Å². The highest BCUT2D eigenvalue weighted by Gasteiger charge is 2.14. The normalized spacial score (nSPS) is 10.7. The van der Waals surface area contributed by atoms with Crippen molar-refractivity contribution in [2.45, 2.75) is 13.8 Å². The topological polar surface area (TPSA) is 93.3 Å². The van der Waals surface area contributed by atoms with Crippen LogP contribution in [0.2, 0.25) is 0 Å². The molecule has 1 aromatic heterocycles. The number of aromatic nitrogens is 2. The highest BCUT2D eigenvalue weighted by atomic mass is 16.5. The Morgan fingerprint density at radius 3 is 2.41 bits per heavy atom. The molecule has 0 saturated heterocycles. The third-order valence-electron chi connectivity index (χ3n) is 5.16. The first-order valence-electron chi connectivity index (χ1n) is 10.1. The number of benzene rings is 3. The van der Waals surface area contributed by atoms with E-state index in [1.165, 1.54) is 0 Å². The van der Waals surface area contributed by atoms with Crippen molar-refractivity contribution >= 4 is 28.6 Å². The maximum atomic E-state index is 12.5. The Hall–Kier alpha value is -4.13. The number of hydrogen-bond acceptors (Lipinski definition) is 5. The molecular weight excluding hydrogens is 406 g/mol. The van der Waals surface area contributed by atoms with Gasteiger partial charge in [-0.3, -0.25) is 4.79 Å². The van der Waals surface area contributed by atoms with E-state index in [1.54, 1.807) is 25.3 Å². The second-order valence-corrected chi connectivity index (χ2v) is 7.44. The molecule has 0 aliphatic carbocycles. The van der Waals surface area contributed by atoms with Crippen molar-refractivity contribution in [3.05, 3.63) is 77.4 Å². The van der Waals surface area contributed by atoms with Crippen LogP contribution in [0.25, 0.3) is 22.4 Å².